The quantitative estimate of drug-likeness (QED) is 0.815. The molecule has 1 amide bonds. The van der Waals surface area contributed by atoms with Crippen LogP contribution in [0.5, 0.6) is 0 Å². The first kappa shape index (κ1) is 18.7. The lowest BCUT2D eigenvalue weighted by atomic mass is 10.1. The minimum Gasteiger partial charge on any atom is -0.326 e. The Kier molecular flexibility index (Phi) is 4.71. The molecular formula is C21H23N3O3S. The topological polar surface area (TPSA) is 78.8 Å². The molecule has 1 saturated carbocycles. The first-order valence-electron chi connectivity index (χ1n) is 9.49. The van der Waals surface area contributed by atoms with Gasteiger partial charge in [0.2, 0.25) is 5.91 Å². The van der Waals surface area contributed by atoms with Gasteiger partial charge in [0.25, 0.3) is 10.0 Å². The Labute approximate surface area is 165 Å². The predicted molar refractivity (Wildman–Crippen MR) is 110 cm³/mol. The molecule has 7 heteroatoms. The molecule has 0 atom stereocenters. The molecule has 2 aliphatic rings. The van der Waals surface area contributed by atoms with E-state index in [1.807, 2.05) is 49.1 Å². The van der Waals surface area contributed by atoms with Crippen LogP contribution in [0.1, 0.15) is 33.1 Å². The maximum atomic E-state index is 12.9. The van der Waals surface area contributed by atoms with Crippen LogP contribution in [-0.4, -0.2) is 20.2 Å². The molecule has 0 unspecified atom stereocenters. The molecule has 146 valence electrons. The highest BCUT2D eigenvalue weighted by molar-refractivity contribution is 7.90. The van der Waals surface area contributed by atoms with Gasteiger partial charge in [-0.3, -0.25) is 9.69 Å². The Morgan fingerprint density at radius 3 is 2.54 bits per heavy atom. The first-order valence-corrected chi connectivity index (χ1v) is 10.9. The van der Waals surface area contributed by atoms with Gasteiger partial charge < -0.3 is 5.32 Å². The van der Waals surface area contributed by atoms with Gasteiger partial charge in [0, 0.05) is 23.7 Å². The van der Waals surface area contributed by atoms with Gasteiger partial charge in [-0.05, 0) is 49.1 Å². The molecule has 0 saturated heterocycles. The van der Waals surface area contributed by atoms with Crippen LogP contribution in [0, 0.1) is 11.8 Å². The van der Waals surface area contributed by atoms with E-state index < -0.39 is 10.0 Å². The van der Waals surface area contributed by atoms with Crippen molar-refractivity contribution >= 4 is 38.8 Å². The van der Waals surface area contributed by atoms with Gasteiger partial charge in [-0.1, -0.05) is 32.0 Å². The molecule has 6 nitrogen and oxygen atoms in total. The molecule has 0 radical (unpaired) electrons. The summed E-state index contributed by atoms with van der Waals surface area (Å²) in [7, 11) is -3.85. The van der Waals surface area contributed by atoms with Gasteiger partial charge in [0.05, 0.1) is 5.69 Å². The van der Waals surface area contributed by atoms with Crippen molar-refractivity contribution < 1.29 is 13.2 Å². The average molecular weight is 398 g/mol. The highest BCUT2D eigenvalue weighted by Crippen LogP contribution is 2.39. The zero-order valence-electron chi connectivity index (χ0n) is 15.9. The Bertz CT molecular complexity index is 1040. The van der Waals surface area contributed by atoms with E-state index in [4.69, 9.17) is 0 Å². The Morgan fingerprint density at radius 2 is 1.89 bits per heavy atom. The summed E-state index contributed by atoms with van der Waals surface area (Å²) in [4.78, 5) is 14.1. The fraction of sp³-hybridized carbons (Fsp3) is 0.333. The second-order valence-corrected chi connectivity index (χ2v) is 9.27. The van der Waals surface area contributed by atoms with Gasteiger partial charge in [0.15, 0.2) is 0 Å². The van der Waals surface area contributed by atoms with E-state index in [0.29, 0.717) is 23.6 Å². The molecule has 4 rings (SSSR count). The fourth-order valence-corrected chi connectivity index (χ4v) is 4.53. The summed E-state index contributed by atoms with van der Waals surface area (Å²) in [5.74, 6) is 0.739. The Balaban J connectivity index is 1.80. The fourth-order valence-electron chi connectivity index (χ4n) is 3.30. The lowest BCUT2D eigenvalue weighted by molar-refractivity contribution is -0.117. The van der Waals surface area contributed by atoms with E-state index in [-0.39, 0.29) is 22.6 Å². The molecule has 0 aromatic heterocycles. The number of fused-ring (bicyclic) bond motifs is 1. The summed E-state index contributed by atoms with van der Waals surface area (Å²) < 4.78 is 29.9. The van der Waals surface area contributed by atoms with Gasteiger partial charge in [0.1, 0.15) is 10.7 Å². The molecule has 1 aliphatic heterocycles. The molecule has 2 aromatic carbocycles. The van der Waals surface area contributed by atoms with E-state index in [9.17, 15) is 13.2 Å². The van der Waals surface area contributed by atoms with Gasteiger partial charge >= 0.3 is 0 Å². The molecule has 0 bridgehead atoms. The van der Waals surface area contributed by atoms with Crippen molar-refractivity contribution in [1.29, 1.82) is 0 Å². The molecule has 1 aliphatic carbocycles. The highest BCUT2D eigenvalue weighted by atomic mass is 32.2. The lowest BCUT2D eigenvalue weighted by Crippen LogP contribution is -2.33. The van der Waals surface area contributed by atoms with Crippen molar-refractivity contribution in [3.8, 4) is 0 Å². The number of nitrogens with zero attached hydrogens (tertiary/aromatic N) is 2. The summed E-state index contributed by atoms with van der Waals surface area (Å²) in [6.45, 7) is 4.06. The van der Waals surface area contributed by atoms with Crippen LogP contribution in [-0.2, 0) is 14.8 Å². The van der Waals surface area contributed by atoms with Crippen LogP contribution in [0.4, 0.5) is 17.1 Å². The molecule has 0 spiro atoms. The number of nitrogens with one attached hydrogen (secondary N) is 1. The monoisotopic (exact) mass is 397 g/mol. The van der Waals surface area contributed by atoms with Crippen LogP contribution in [0.15, 0.2) is 57.8 Å². The molecular weight excluding hydrogens is 374 g/mol. The molecule has 1 heterocycles. The van der Waals surface area contributed by atoms with Gasteiger partial charge in [-0.15, -0.1) is 4.40 Å². The third kappa shape index (κ3) is 3.67. The average Bonchev–Trinajstić information content (AvgIpc) is 3.47. The lowest BCUT2D eigenvalue weighted by Gasteiger charge is -2.32. The zero-order chi connectivity index (χ0) is 19.9. The van der Waals surface area contributed by atoms with E-state index in [0.717, 1.165) is 18.5 Å². The predicted octanol–water partition coefficient (Wildman–Crippen LogP) is 4.32. The van der Waals surface area contributed by atoms with Crippen LogP contribution in [0.3, 0.4) is 0 Å². The van der Waals surface area contributed by atoms with Gasteiger partial charge in [-0.25, -0.2) is 0 Å². The number of benzene rings is 2. The van der Waals surface area contributed by atoms with Crippen LogP contribution < -0.4 is 10.2 Å². The maximum absolute atomic E-state index is 12.9. The van der Waals surface area contributed by atoms with Crippen molar-refractivity contribution in [3.63, 3.8) is 0 Å². The second-order valence-electron chi connectivity index (χ2n) is 7.70. The van der Waals surface area contributed by atoms with Crippen LogP contribution in [0.25, 0.3) is 0 Å². The number of amides is 1. The van der Waals surface area contributed by atoms with E-state index >= 15 is 0 Å². The summed E-state index contributed by atoms with van der Waals surface area (Å²) in [5.41, 5.74) is 1.89. The number of para-hydroxylation sites is 1. The number of hydrogen-bond donors (Lipinski definition) is 1. The van der Waals surface area contributed by atoms with Crippen LogP contribution in [0.2, 0.25) is 0 Å². The third-order valence-corrected chi connectivity index (χ3v) is 6.12. The van der Waals surface area contributed by atoms with E-state index in [1.54, 1.807) is 12.1 Å². The van der Waals surface area contributed by atoms with Crippen molar-refractivity contribution in [2.24, 2.45) is 16.2 Å². The van der Waals surface area contributed by atoms with E-state index in [1.165, 1.54) is 6.07 Å². The minimum absolute atomic E-state index is 0.0455. The van der Waals surface area contributed by atoms with Crippen molar-refractivity contribution in [3.05, 3.63) is 48.5 Å². The first-order chi connectivity index (χ1) is 13.3. The number of sulfonamides is 1. The molecule has 2 aromatic rings. The number of hydrogen-bond acceptors (Lipinski definition) is 4. The third-order valence-electron chi connectivity index (χ3n) is 4.78. The molecule has 28 heavy (non-hydrogen) atoms. The molecule has 1 fully saturated rings. The highest BCUT2D eigenvalue weighted by Gasteiger charge is 2.33. The standard InChI is InChI=1S/C21H23N3O3S/c1-14(2)12-20-23-28(26,27)19-13-16(22-21(25)15-8-9-15)10-11-18(19)24(20)17-6-4-3-5-7-17/h3-7,10-11,13-15H,8-9,12H2,1-2H3,(H,22,25). The van der Waals surface area contributed by atoms with Crippen molar-refractivity contribution in [2.45, 2.75) is 38.0 Å². The van der Waals surface area contributed by atoms with E-state index in [2.05, 4.69) is 9.71 Å². The SMILES string of the molecule is CC(C)CC1=NS(=O)(=O)c2cc(NC(=O)C3CC3)ccc2N1c1ccccc1. The maximum Gasteiger partial charge on any atom is 0.286 e. The van der Waals surface area contributed by atoms with Crippen molar-refractivity contribution in [1.82, 2.24) is 0 Å². The Hall–Kier alpha value is -2.67. The number of rotatable bonds is 5. The summed E-state index contributed by atoms with van der Waals surface area (Å²) >= 11 is 0. The summed E-state index contributed by atoms with van der Waals surface area (Å²) in [6.07, 6.45) is 2.31. The second kappa shape index (κ2) is 7.05. The van der Waals surface area contributed by atoms with Crippen LogP contribution >= 0.6 is 0 Å². The number of amidine groups is 1. The number of carbonyl (C=O) groups excluding carboxylic acids is 1. The smallest absolute Gasteiger partial charge is 0.286 e. The Morgan fingerprint density at radius 1 is 1.18 bits per heavy atom. The summed E-state index contributed by atoms with van der Waals surface area (Å²) in [6, 6.07) is 14.6. The largest absolute Gasteiger partial charge is 0.326 e. The summed E-state index contributed by atoms with van der Waals surface area (Å²) in [5, 5.41) is 2.82. The normalized spacial score (nSPS) is 17.8. The number of carbonyl (C=O) groups is 1. The van der Waals surface area contributed by atoms with Gasteiger partial charge in [-0.2, -0.15) is 8.42 Å². The molecule has 1 N–H and O–H groups in total. The minimum atomic E-state index is -3.85. The van der Waals surface area contributed by atoms with Crippen molar-refractivity contribution in [2.75, 3.05) is 10.2 Å². The zero-order valence-corrected chi connectivity index (χ0v) is 16.7. The number of anilines is 3.